The standard InChI is InChI=1S/C57H107NO5/c1-3-5-7-9-11-13-15-16-17-24-27-31-35-39-43-47-51-57(62)63-52-48-44-40-36-32-28-25-22-20-18-19-21-23-26-30-34-38-42-46-50-56(61)58-54(53-59)55(60)49-45-41-37-33-29-14-12-10-8-6-4-2/h22,25,28,32,45,49,54-55,59-60H,3-21,23-24,26-27,29-31,33-44,46-48,50-53H2,1-2H3,(H,58,61)/b25-22-,32-28-,49-45+. The van der Waals surface area contributed by atoms with Gasteiger partial charge in [0.25, 0.3) is 0 Å². The molecule has 2 atom stereocenters. The lowest BCUT2D eigenvalue weighted by Crippen LogP contribution is -2.45. The average Bonchev–Trinajstić information content (AvgIpc) is 3.28. The van der Waals surface area contributed by atoms with Crippen molar-refractivity contribution in [1.29, 1.82) is 0 Å². The fraction of sp³-hybridized carbons (Fsp3) is 0.860. The Bertz CT molecular complexity index is 1020. The number of unbranched alkanes of at least 4 members (excludes halogenated alkanes) is 37. The van der Waals surface area contributed by atoms with E-state index in [4.69, 9.17) is 4.74 Å². The number of carbonyl (C=O) groups excluding carboxylic acids is 2. The van der Waals surface area contributed by atoms with Gasteiger partial charge in [0.2, 0.25) is 5.91 Å². The summed E-state index contributed by atoms with van der Waals surface area (Å²) in [6.07, 6.45) is 64.5. The van der Waals surface area contributed by atoms with Crippen molar-refractivity contribution < 1.29 is 24.5 Å². The van der Waals surface area contributed by atoms with E-state index in [1.165, 1.54) is 186 Å². The van der Waals surface area contributed by atoms with Crippen LogP contribution in [0.25, 0.3) is 0 Å². The van der Waals surface area contributed by atoms with Crippen LogP contribution in [0.4, 0.5) is 0 Å². The molecule has 0 aliphatic heterocycles. The highest BCUT2D eigenvalue weighted by Gasteiger charge is 2.18. The predicted octanol–water partition coefficient (Wildman–Crippen LogP) is 16.9. The van der Waals surface area contributed by atoms with Crippen LogP contribution >= 0.6 is 0 Å². The van der Waals surface area contributed by atoms with E-state index in [0.29, 0.717) is 19.4 Å². The molecule has 0 aliphatic rings. The summed E-state index contributed by atoms with van der Waals surface area (Å²) < 4.78 is 5.46. The van der Waals surface area contributed by atoms with E-state index in [1.807, 2.05) is 6.08 Å². The van der Waals surface area contributed by atoms with Crippen molar-refractivity contribution >= 4 is 11.9 Å². The molecule has 0 heterocycles. The van der Waals surface area contributed by atoms with Crippen LogP contribution in [0, 0.1) is 0 Å². The molecule has 0 aromatic heterocycles. The largest absolute Gasteiger partial charge is 0.466 e. The Kier molecular flexibility index (Phi) is 51.1. The Balaban J connectivity index is 3.47. The molecule has 0 bridgehead atoms. The van der Waals surface area contributed by atoms with Crippen molar-refractivity contribution in [3.63, 3.8) is 0 Å². The van der Waals surface area contributed by atoms with Gasteiger partial charge in [-0.25, -0.2) is 0 Å². The number of rotatable bonds is 51. The first-order valence-corrected chi connectivity index (χ1v) is 27.8. The van der Waals surface area contributed by atoms with Crippen molar-refractivity contribution in [2.75, 3.05) is 13.2 Å². The number of aliphatic hydroxyl groups excluding tert-OH is 2. The van der Waals surface area contributed by atoms with E-state index in [2.05, 4.69) is 43.5 Å². The van der Waals surface area contributed by atoms with Gasteiger partial charge in [-0.3, -0.25) is 9.59 Å². The summed E-state index contributed by atoms with van der Waals surface area (Å²) in [5.41, 5.74) is 0. The number of hydrogen-bond acceptors (Lipinski definition) is 5. The van der Waals surface area contributed by atoms with E-state index < -0.39 is 12.1 Å². The second kappa shape index (κ2) is 52.7. The first-order chi connectivity index (χ1) is 31.0. The van der Waals surface area contributed by atoms with Crippen LogP contribution in [0.1, 0.15) is 290 Å². The molecule has 63 heavy (non-hydrogen) atoms. The van der Waals surface area contributed by atoms with Crippen LogP contribution in [0.2, 0.25) is 0 Å². The lowest BCUT2D eigenvalue weighted by Gasteiger charge is -2.20. The Morgan fingerprint density at radius 2 is 0.778 bits per heavy atom. The minimum absolute atomic E-state index is 0.0112. The zero-order valence-corrected chi connectivity index (χ0v) is 42.1. The third kappa shape index (κ3) is 49.4. The average molecular weight is 886 g/mol. The molecule has 3 N–H and O–H groups in total. The quantitative estimate of drug-likeness (QED) is 0.0245. The van der Waals surface area contributed by atoms with Gasteiger partial charge < -0.3 is 20.3 Å². The Morgan fingerprint density at radius 1 is 0.444 bits per heavy atom. The molecule has 0 spiro atoms. The molecule has 6 heteroatoms. The van der Waals surface area contributed by atoms with Gasteiger partial charge >= 0.3 is 5.97 Å². The molecule has 0 radical (unpaired) electrons. The molecule has 0 fully saturated rings. The third-order valence-electron chi connectivity index (χ3n) is 12.7. The molecule has 6 nitrogen and oxygen atoms in total. The molecule has 0 rings (SSSR count). The fourth-order valence-electron chi connectivity index (χ4n) is 8.39. The summed E-state index contributed by atoms with van der Waals surface area (Å²) in [5, 5.41) is 23.0. The van der Waals surface area contributed by atoms with E-state index in [1.54, 1.807) is 6.08 Å². The summed E-state index contributed by atoms with van der Waals surface area (Å²) in [6, 6.07) is -0.634. The maximum Gasteiger partial charge on any atom is 0.305 e. The summed E-state index contributed by atoms with van der Waals surface area (Å²) in [4.78, 5) is 24.4. The lowest BCUT2D eigenvalue weighted by molar-refractivity contribution is -0.143. The van der Waals surface area contributed by atoms with E-state index in [-0.39, 0.29) is 18.5 Å². The summed E-state index contributed by atoms with van der Waals surface area (Å²) >= 11 is 0. The van der Waals surface area contributed by atoms with E-state index in [9.17, 15) is 19.8 Å². The van der Waals surface area contributed by atoms with Gasteiger partial charge in [0.1, 0.15) is 0 Å². The summed E-state index contributed by atoms with van der Waals surface area (Å²) in [6.45, 7) is 4.85. The molecule has 370 valence electrons. The SMILES string of the molecule is CCCCCCCCCCC/C=C/C(O)C(CO)NC(=O)CCCCCCCCCCCC/C=C\C=C/CCCCCOC(=O)CCCCCCCCCCCCCCCCCC. The van der Waals surface area contributed by atoms with Crippen molar-refractivity contribution in [2.45, 2.75) is 302 Å². The van der Waals surface area contributed by atoms with Crippen LogP contribution in [0.5, 0.6) is 0 Å². The van der Waals surface area contributed by atoms with Gasteiger partial charge in [-0.15, -0.1) is 0 Å². The van der Waals surface area contributed by atoms with Gasteiger partial charge in [-0.05, 0) is 64.2 Å². The number of ether oxygens (including phenoxy) is 1. The molecule has 0 saturated carbocycles. The van der Waals surface area contributed by atoms with Crippen molar-refractivity contribution in [3.8, 4) is 0 Å². The number of nitrogens with one attached hydrogen (secondary N) is 1. The maximum absolute atomic E-state index is 12.4. The van der Waals surface area contributed by atoms with Gasteiger partial charge in [0.15, 0.2) is 0 Å². The lowest BCUT2D eigenvalue weighted by atomic mass is 10.0. The number of aliphatic hydroxyl groups is 2. The zero-order chi connectivity index (χ0) is 45.8. The Labute approximate surface area is 392 Å². The zero-order valence-electron chi connectivity index (χ0n) is 42.1. The molecular formula is C57H107NO5. The number of esters is 1. The maximum atomic E-state index is 12.4. The van der Waals surface area contributed by atoms with E-state index >= 15 is 0 Å². The van der Waals surface area contributed by atoms with Crippen LogP contribution in [-0.4, -0.2) is 47.4 Å². The van der Waals surface area contributed by atoms with Crippen LogP contribution in [0.15, 0.2) is 36.5 Å². The Hall–Kier alpha value is -1.92. The summed E-state index contributed by atoms with van der Waals surface area (Å²) in [5.74, 6) is -0.0906. The first-order valence-electron chi connectivity index (χ1n) is 27.8. The first kappa shape index (κ1) is 61.1. The van der Waals surface area contributed by atoms with Crippen molar-refractivity contribution in [3.05, 3.63) is 36.5 Å². The molecule has 2 unspecified atom stereocenters. The molecule has 1 amide bonds. The molecule has 0 saturated heterocycles. The van der Waals surface area contributed by atoms with Crippen molar-refractivity contribution in [2.24, 2.45) is 0 Å². The van der Waals surface area contributed by atoms with Crippen LogP contribution in [0.3, 0.4) is 0 Å². The van der Waals surface area contributed by atoms with Gasteiger partial charge in [-0.1, -0.05) is 249 Å². The number of amides is 1. The van der Waals surface area contributed by atoms with Crippen LogP contribution < -0.4 is 5.32 Å². The molecule has 0 aliphatic carbocycles. The second-order valence-electron chi connectivity index (χ2n) is 18.9. The fourth-order valence-corrected chi connectivity index (χ4v) is 8.39. The van der Waals surface area contributed by atoms with E-state index in [0.717, 1.165) is 77.0 Å². The number of allylic oxidation sites excluding steroid dienone is 5. The normalized spacial score (nSPS) is 12.9. The summed E-state index contributed by atoms with van der Waals surface area (Å²) in [7, 11) is 0. The van der Waals surface area contributed by atoms with Crippen LogP contribution in [-0.2, 0) is 14.3 Å². The topological polar surface area (TPSA) is 95.9 Å². The highest BCUT2D eigenvalue weighted by molar-refractivity contribution is 5.76. The minimum Gasteiger partial charge on any atom is -0.466 e. The third-order valence-corrected chi connectivity index (χ3v) is 12.7. The Morgan fingerprint density at radius 3 is 1.17 bits per heavy atom. The minimum atomic E-state index is -0.850. The molecule has 0 aromatic carbocycles. The molecule has 0 aromatic rings. The number of hydrogen-bond donors (Lipinski definition) is 3. The predicted molar refractivity (Wildman–Crippen MR) is 273 cm³/mol. The second-order valence-corrected chi connectivity index (χ2v) is 18.9. The highest BCUT2D eigenvalue weighted by atomic mass is 16.5. The molecular weight excluding hydrogens is 779 g/mol. The van der Waals surface area contributed by atoms with Gasteiger partial charge in [0.05, 0.1) is 25.4 Å². The highest BCUT2D eigenvalue weighted by Crippen LogP contribution is 2.16. The van der Waals surface area contributed by atoms with Crippen molar-refractivity contribution in [1.82, 2.24) is 5.32 Å². The smallest absolute Gasteiger partial charge is 0.305 e. The number of carbonyl (C=O) groups is 2. The monoisotopic (exact) mass is 886 g/mol. The van der Waals surface area contributed by atoms with Gasteiger partial charge in [0, 0.05) is 12.8 Å². The van der Waals surface area contributed by atoms with Gasteiger partial charge in [-0.2, -0.15) is 0 Å².